The van der Waals surface area contributed by atoms with Crippen molar-refractivity contribution in [3.05, 3.63) is 0 Å². The van der Waals surface area contributed by atoms with Gasteiger partial charge in [-0.1, -0.05) is 259 Å². The van der Waals surface area contributed by atoms with E-state index < -0.39 is 31.8 Å². The standard InChI is InChI=1S/4C13H26OS.C5H12O4/c4*1-2-3-4-5-6-7-8-9-10-11-12-13(14)15;6-1-5(2-7,3-8)4-9/h4*2-12H2,1H3,(H,14,15);6-9H,1-4H2. The highest BCUT2D eigenvalue weighted by Gasteiger charge is 2.26. The maximum absolute atomic E-state index is 8.81. The molecule has 0 spiro atoms. The van der Waals surface area contributed by atoms with Crippen LogP contribution in [0.3, 0.4) is 0 Å². The van der Waals surface area contributed by atoms with Crippen molar-refractivity contribution in [3.8, 4) is 0 Å². The molecule has 0 aliphatic carbocycles. The second-order valence-electron chi connectivity index (χ2n) is 19.4. The Kier molecular flexibility index (Phi) is 77.8. The highest BCUT2D eigenvalue weighted by atomic mass is 32.1. The van der Waals surface area contributed by atoms with Crippen LogP contribution in [0.2, 0.25) is 0 Å². The lowest BCUT2D eigenvalue weighted by Gasteiger charge is -2.23. The van der Waals surface area contributed by atoms with Crippen LogP contribution in [0.1, 0.15) is 310 Å². The van der Waals surface area contributed by atoms with Crippen molar-refractivity contribution in [2.75, 3.05) is 26.4 Å². The molecule has 0 aromatic carbocycles. The van der Waals surface area contributed by atoms with Crippen LogP contribution >= 0.6 is 48.9 Å². The van der Waals surface area contributed by atoms with E-state index in [-0.39, 0.29) is 20.2 Å². The van der Waals surface area contributed by atoms with E-state index in [1.54, 1.807) is 0 Å². The molecular weight excluding hydrogens is 941 g/mol. The molecule has 0 aromatic rings. The number of aliphatic hydroxyl groups is 8. The van der Waals surface area contributed by atoms with Gasteiger partial charge in [-0.25, -0.2) is 0 Å². The predicted octanol–water partition coefficient (Wildman–Crippen LogP) is 18.7. The van der Waals surface area contributed by atoms with Crippen molar-refractivity contribution >= 4 is 69.1 Å². The van der Waals surface area contributed by atoms with E-state index in [1.807, 2.05) is 0 Å². The zero-order valence-electron chi connectivity index (χ0n) is 45.7. The molecule has 8 nitrogen and oxygen atoms in total. The van der Waals surface area contributed by atoms with Gasteiger partial charge in [-0.05, 0) is 74.6 Å². The molecule has 0 atom stereocenters. The van der Waals surface area contributed by atoms with E-state index in [0.29, 0.717) is 25.7 Å². The third kappa shape index (κ3) is 81.7. The van der Waals surface area contributed by atoms with E-state index in [0.717, 1.165) is 25.7 Å². The Hall–Kier alpha value is -0.600. The quantitative estimate of drug-likeness (QED) is 0.0215. The van der Waals surface area contributed by atoms with Gasteiger partial charge in [0.25, 0.3) is 0 Å². The largest absolute Gasteiger partial charge is 0.502 e. The molecule has 0 heterocycles. The fraction of sp³-hybridized carbons (Fsp3) is 0.930. The highest BCUT2D eigenvalue weighted by Crippen LogP contribution is 2.15. The van der Waals surface area contributed by atoms with Gasteiger partial charge >= 0.3 is 0 Å². The van der Waals surface area contributed by atoms with Crippen molar-refractivity contribution < 1.29 is 40.9 Å². The van der Waals surface area contributed by atoms with E-state index in [1.165, 1.54) is 231 Å². The summed E-state index contributed by atoms with van der Waals surface area (Å²) in [5.74, 6) is 0. The monoisotopic (exact) mass is 1060 g/mol. The molecule has 0 aliphatic heterocycles. The number of rotatable bonds is 48. The fourth-order valence-electron chi connectivity index (χ4n) is 7.35. The van der Waals surface area contributed by atoms with Crippen LogP contribution in [0, 0.1) is 5.41 Å². The van der Waals surface area contributed by atoms with Gasteiger partial charge in [-0.2, -0.15) is 0 Å². The Morgan fingerprint density at radius 1 is 0.232 bits per heavy atom. The van der Waals surface area contributed by atoms with Crippen molar-refractivity contribution in [2.45, 2.75) is 310 Å². The molecule has 0 bridgehead atoms. The molecule has 0 aromatic heterocycles. The third-order valence-corrected chi connectivity index (χ3v) is 13.1. The number of thiocarbonyl (C=S) groups is 4. The zero-order chi connectivity index (χ0) is 52.8. The normalized spacial score (nSPS) is 10.7. The van der Waals surface area contributed by atoms with Crippen LogP contribution in [0.4, 0.5) is 0 Å². The molecule has 8 N–H and O–H groups in total. The van der Waals surface area contributed by atoms with E-state index in [2.05, 4.69) is 76.6 Å². The third-order valence-electron chi connectivity index (χ3n) is 12.3. The summed E-state index contributed by atoms with van der Waals surface area (Å²) in [5, 5.41) is 69.9. The number of hydrogen-bond acceptors (Lipinski definition) is 8. The highest BCUT2D eigenvalue weighted by molar-refractivity contribution is 7.80. The van der Waals surface area contributed by atoms with Crippen LogP contribution in [-0.2, 0) is 0 Å². The van der Waals surface area contributed by atoms with Gasteiger partial charge in [-0.15, -0.1) is 0 Å². The van der Waals surface area contributed by atoms with Crippen molar-refractivity contribution in [3.63, 3.8) is 0 Å². The molecule has 12 heteroatoms. The summed E-state index contributed by atoms with van der Waals surface area (Å²) in [6.07, 6.45) is 55.9. The van der Waals surface area contributed by atoms with E-state index in [9.17, 15) is 0 Å². The summed E-state index contributed by atoms with van der Waals surface area (Å²) >= 11 is 18.4. The SMILES string of the molecule is CCCCCCCCCCCCC(O)=S.CCCCCCCCCCCCC(O)=S.CCCCCCCCCCCCC(O)=S.CCCCCCCCCCCCC(O)=S.OCC(CO)(CO)CO. The molecule has 0 rings (SSSR count). The number of unbranched alkanes of at least 4 members (excludes halogenated alkanes) is 36. The summed E-state index contributed by atoms with van der Waals surface area (Å²) in [5.41, 5.74) is -1.11. The van der Waals surface area contributed by atoms with Gasteiger partial charge in [0, 0.05) is 25.7 Å². The average molecular weight is 1060 g/mol. The maximum atomic E-state index is 8.81. The number of hydrogen-bond donors (Lipinski definition) is 8. The molecule has 0 saturated carbocycles. The summed E-state index contributed by atoms with van der Waals surface area (Å²) in [7, 11) is 0. The lowest BCUT2D eigenvalue weighted by atomic mass is 9.93. The van der Waals surface area contributed by atoms with Gasteiger partial charge in [0.15, 0.2) is 20.2 Å². The Balaban J connectivity index is -0.000000250. The van der Waals surface area contributed by atoms with Crippen LogP contribution in [0.15, 0.2) is 0 Å². The molecule has 0 radical (unpaired) electrons. The lowest BCUT2D eigenvalue weighted by Crippen LogP contribution is -2.37. The Morgan fingerprint density at radius 2 is 0.348 bits per heavy atom. The lowest BCUT2D eigenvalue weighted by molar-refractivity contribution is -0.0328. The van der Waals surface area contributed by atoms with E-state index >= 15 is 0 Å². The first kappa shape index (κ1) is 77.3. The molecule has 0 aliphatic rings. The van der Waals surface area contributed by atoms with Crippen LogP contribution in [-0.4, -0.2) is 87.5 Å². The maximum Gasteiger partial charge on any atom is 0.156 e. The van der Waals surface area contributed by atoms with Gasteiger partial charge in [0.1, 0.15) is 0 Å². The summed E-state index contributed by atoms with van der Waals surface area (Å²) < 4.78 is 0. The molecule has 0 fully saturated rings. The van der Waals surface area contributed by atoms with Crippen molar-refractivity contribution in [2.24, 2.45) is 5.41 Å². The smallest absolute Gasteiger partial charge is 0.156 e. The number of aliphatic hydroxyl groups excluding tert-OH is 8. The summed E-state index contributed by atoms with van der Waals surface area (Å²) in [6.45, 7) is 7.40. The molecule has 0 amide bonds. The minimum Gasteiger partial charge on any atom is -0.502 e. The van der Waals surface area contributed by atoms with Crippen LogP contribution < -0.4 is 0 Å². The zero-order valence-corrected chi connectivity index (χ0v) is 48.9. The second-order valence-corrected chi connectivity index (χ2v) is 21.3. The molecule has 0 unspecified atom stereocenters. The first-order valence-corrected chi connectivity index (χ1v) is 30.3. The first-order valence-electron chi connectivity index (χ1n) is 28.6. The van der Waals surface area contributed by atoms with Gasteiger partial charge < -0.3 is 40.9 Å². The fourth-order valence-corrected chi connectivity index (χ4v) is 7.93. The first-order chi connectivity index (χ1) is 33.3. The molecular formula is C57H116O8S4. The predicted molar refractivity (Wildman–Crippen MR) is 318 cm³/mol. The van der Waals surface area contributed by atoms with E-state index in [4.69, 9.17) is 40.9 Å². The minimum absolute atomic E-state index is 0.176. The van der Waals surface area contributed by atoms with Crippen LogP contribution in [0.5, 0.6) is 0 Å². The van der Waals surface area contributed by atoms with Gasteiger partial charge in [0.2, 0.25) is 0 Å². The topological polar surface area (TPSA) is 162 Å². The summed E-state index contributed by atoms with van der Waals surface area (Å²) in [6, 6.07) is 0. The molecule has 416 valence electrons. The Bertz CT molecular complexity index is 862. The van der Waals surface area contributed by atoms with Crippen LogP contribution in [0.25, 0.3) is 0 Å². The molecule has 0 saturated heterocycles. The van der Waals surface area contributed by atoms with Gasteiger partial charge in [0.05, 0.1) is 31.8 Å². The second kappa shape index (κ2) is 69.5. The average Bonchev–Trinajstić information content (AvgIpc) is 3.33. The Labute approximate surface area is 449 Å². The van der Waals surface area contributed by atoms with Crippen molar-refractivity contribution in [1.82, 2.24) is 0 Å². The molecule has 69 heavy (non-hydrogen) atoms. The Morgan fingerprint density at radius 3 is 0.435 bits per heavy atom. The van der Waals surface area contributed by atoms with Gasteiger partial charge in [-0.3, -0.25) is 0 Å². The summed E-state index contributed by atoms with van der Waals surface area (Å²) in [4.78, 5) is 0. The van der Waals surface area contributed by atoms with Crippen molar-refractivity contribution in [1.29, 1.82) is 0 Å². The minimum atomic E-state index is -1.11.